The Hall–Kier alpha value is -2.21. The van der Waals surface area contributed by atoms with E-state index >= 15 is 0 Å². The normalized spacial score (nSPS) is 11.2. The summed E-state index contributed by atoms with van der Waals surface area (Å²) >= 11 is 12.2. The van der Waals surface area contributed by atoms with E-state index in [2.05, 4.69) is 4.72 Å². The van der Waals surface area contributed by atoms with Crippen LogP contribution >= 0.6 is 23.2 Å². The number of para-hydroxylation sites is 1. The van der Waals surface area contributed by atoms with Gasteiger partial charge in [0.25, 0.3) is 10.0 Å². The van der Waals surface area contributed by atoms with Gasteiger partial charge in [0.15, 0.2) is 0 Å². The van der Waals surface area contributed by atoms with Gasteiger partial charge in [-0.1, -0.05) is 71.7 Å². The molecule has 0 spiro atoms. The number of anilines is 1. The summed E-state index contributed by atoms with van der Waals surface area (Å²) in [5, 5.41) is -0.0379. The van der Waals surface area contributed by atoms with Crippen molar-refractivity contribution in [2.45, 2.75) is 4.90 Å². The molecule has 0 radical (unpaired) electrons. The Morgan fingerprint density at radius 2 is 1.50 bits per heavy atom. The maximum Gasteiger partial charge on any atom is 0.263 e. The molecule has 3 aromatic carbocycles. The van der Waals surface area contributed by atoms with Crippen LogP contribution in [0.2, 0.25) is 10.0 Å². The van der Waals surface area contributed by atoms with Crippen LogP contribution in [-0.4, -0.2) is 15.5 Å². The lowest BCUT2D eigenvalue weighted by molar-refractivity contribution is 0.414. The van der Waals surface area contributed by atoms with Crippen molar-refractivity contribution in [3.05, 3.63) is 76.8 Å². The summed E-state index contributed by atoms with van der Waals surface area (Å²) in [6.07, 6.45) is 0. The SMILES string of the molecule is COc1ccc(S(=O)(=O)Nc2ccccc2-c2ccccc2)c(Cl)c1Cl. The van der Waals surface area contributed by atoms with Gasteiger partial charge in [-0.05, 0) is 23.8 Å². The highest BCUT2D eigenvalue weighted by atomic mass is 35.5. The van der Waals surface area contributed by atoms with Crippen LogP contribution in [-0.2, 0) is 10.0 Å². The number of hydrogen-bond donors (Lipinski definition) is 1. The molecule has 0 fully saturated rings. The fourth-order valence-corrected chi connectivity index (χ4v) is 4.44. The zero-order valence-electron chi connectivity index (χ0n) is 13.7. The van der Waals surface area contributed by atoms with E-state index in [-0.39, 0.29) is 14.9 Å². The third-order valence-corrected chi connectivity index (χ3v) is 6.16. The van der Waals surface area contributed by atoms with Crippen LogP contribution in [0.15, 0.2) is 71.6 Å². The molecule has 26 heavy (non-hydrogen) atoms. The summed E-state index contributed by atoms with van der Waals surface area (Å²) in [5.41, 5.74) is 2.10. The monoisotopic (exact) mass is 407 g/mol. The molecule has 0 bridgehead atoms. The summed E-state index contributed by atoms with van der Waals surface area (Å²) in [5.74, 6) is 0.306. The van der Waals surface area contributed by atoms with Crippen molar-refractivity contribution in [3.63, 3.8) is 0 Å². The molecule has 3 aromatic rings. The Morgan fingerprint density at radius 3 is 2.19 bits per heavy atom. The van der Waals surface area contributed by atoms with Gasteiger partial charge in [-0.25, -0.2) is 8.42 Å². The second-order valence-electron chi connectivity index (χ2n) is 5.41. The molecule has 0 unspecified atom stereocenters. The molecular formula is C19H15Cl2NO3S. The molecule has 0 saturated heterocycles. The number of ether oxygens (including phenoxy) is 1. The van der Waals surface area contributed by atoms with E-state index in [1.165, 1.54) is 19.2 Å². The summed E-state index contributed by atoms with van der Waals surface area (Å²) in [7, 11) is -2.51. The van der Waals surface area contributed by atoms with Crippen molar-refractivity contribution in [1.82, 2.24) is 0 Å². The van der Waals surface area contributed by atoms with E-state index in [4.69, 9.17) is 27.9 Å². The van der Waals surface area contributed by atoms with Crippen LogP contribution in [0, 0.1) is 0 Å². The highest BCUT2D eigenvalue weighted by Gasteiger charge is 2.23. The molecule has 0 atom stereocenters. The number of rotatable bonds is 5. The molecule has 0 aliphatic carbocycles. The van der Waals surface area contributed by atoms with Crippen molar-refractivity contribution in [3.8, 4) is 16.9 Å². The maximum atomic E-state index is 12.9. The zero-order valence-corrected chi connectivity index (χ0v) is 16.1. The van der Waals surface area contributed by atoms with Crippen molar-refractivity contribution < 1.29 is 13.2 Å². The Morgan fingerprint density at radius 1 is 0.846 bits per heavy atom. The van der Waals surface area contributed by atoms with Gasteiger partial charge in [-0.15, -0.1) is 0 Å². The van der Waals surface area contributed by atoms with Crippen LogP contribution in [0.4, 0.5) is 5.69 Å². The van der Waals surface area contributed by atoms with E-state index in [9.17, 15) is 8.42 Å². The van der Waals surface area contributed by atoms with E-state index in [1.807, 2.05) is 42.5 Å². The fourth-order valence-electron chi connectivity index (χ4n) is 2.52. The quantitative estimate of drug-likeness (QED) is 0.609. The number of halogens is 2. The molecule has 0 aromatic heterocycles. The van der Waals surface area contributed by atoms with Crippen molar-refractivity contribution in [2.24, 2.45) is 0 Å². The highest BCUT2D eigenvalue weighted by Crippen LogP contribution is 2.38. The Bertz CT molecular complexity index is 1040. The smallest absolute Gasteiger partial charge is 0.263 e. The summed E-state index contributed by atoms with van der Waals surface area (Å²) in [4.78, 5) is -0.118. The molecule has 0 aliphatic heterocycles. The molecule has 3 rings (SSSR count). The number of hydrogen-bond acceptors (Lipinski definition) is 3. The van der Waals surface area contributed by atoms with E-state index < -0.39 is 10.0 Å². The van der Waals surface area contributed by atoms with Crippen molar-refractivity contribution in [2.75, 3.05) is 11.8 Å². The molecule has 134 valence electrons. The largest absolute Gasteiger partial charge is 0.495 e. The predicted octanol–water partition coefficient (Wildman–Crippen LogP) is 5.47. The third kappa shape index (κ3) is 3.65. The second-order valence-corrected chi connectivity index (χ2v) is 7.82. The van der Waals surface area contributed by atoms with Crippen LogP contribution in [0.5, 0.6) is 5.75 Å². The van der Waals surface area contributed by atoms with Crippen LogP contribution < -0.4 is 9.46 Å². The molecule has 7 heteroatoms. The van der Waals surface area contributed by atoms with Gasteiger partial charge in [-0.2, -0.15) is 0 Å². The first-order valence-electron chi connectivity index (χ1n) is 7.63. The molecule has 1 N–H and O–H groups in total. The van der Waals surface area contributed by atoms with Crippen LogP contribution in [0.25, 0.3) is 11.1 Å². The molecule has 4 nitrogen and oxygen atoms in total. The molecule has 0 aliphatic rings. The minimum absolute atomic E-state index is 0.0494. The Balaban J connectivity index is 2.04. The predicted molar refractivity (Wildman–Crippen MR) is 106 cm³/mol. The minimum atomic E-state index is -3.94. The van der Waals surface area contributed by atoms with E-state index in [1.54, 1.807) is 12.1 Å². The van der Waals surface area contributed by atoms with Gasteiger partial charge in [-0.3, -0.25) is 4.72 Å². The van der Waals surface area contributed by atoms with E-state index in [0.29, 0.717) is 11.4 Å². The van der Waals surface area contributed by atoms with Gasteiger partial charge >= 0.3 is 0 Å². The fraction of sp³-hybridized carbons (Fsp3) is 0.0526. The summed E-state index contributed by atoms with van der Waals surface area (Å²) in [6.45, 7) is 0. The first kappa shape index (κ1) is 18.6. The van der Waals surface area contributed by atoms with Gasteiger partial charge in [0, 0.05) is 5.56 Å². The van der Waals surface area contributed by atoms with Gasteiger partial charge in [0.05, 0.1) is 17.8 Å². The standard InChI is InChI=1S/C19H15Cl2NO3S/c1-25-16-11-12-17(19(21)18(16)20)26(23,24)22-15-10-6-5-9-14(15)13-7-3-2-4-8-13/h2-12,22H,1H3. The average molecular weight is 408 g/mol. The number of methoxy groups -OCH3 is 1. The van der Waals surface area contributed by atoms with Gasteiger partial charge in [0.2, 0.25) is 0 Å². The lowest BCUT2D eigenvalue weighted by Gasteiger charge is -2.15. The maximum absolute atomic E-state index is 12.9. The molecular weight excluding hydrogens is 393 g/mol. The lowest BCUT2D eigenvalue weighted by Crippen LogP contribution is -2.14. The topological polar surface area (TPSA) is 55.4 Å². The van der Waals surface area contributed by atoms with Crippen LogP contribution in [0.1, 0.15) is 0 Å². The van der Waals surface area contributed by atoms with Gasteiger partial charge < -0.3 is 4.74 Å². The molecule has 0 heterocycles. The van der Waals surface area contributed by atoms with Gasteiger partial charge in [0.1, 0.15) is 15.7 Å². The van der Waals surface area contributed by atoms with E-state index in [0.717, 1.165) is 11.1 Å². The zero-order chi connectivity index (χ0) is 18.7. The third-order valence-electron chi connectivity index (χ3n) is 3.78. The first-order valence-corrected chi connectivity index (χ1v) is 9.87. The number of sulfonamides is 1. The molecule has 0 amide bonds. The van der Waals surface area contributed by atoms with Crippen LogP contribution in [0.3, 0.4) is 0 Å². The minimum Gasteiger partial charge on any atom is -0.495 e. The average Bonchev–Trinajstić information content (AvgIpc) is 2.64. The summed E-state index contributed by atoms with van der Waals surface area (Å²) < 4.78 is 33.4. The Kier molecular flexibility index (Phi) is 5.41. The Labute approximate surface area is 162 Å². The number of benzene rings is 3. The second kappa shape index (κ2) is 7.58. The highest BCUT2D eigenvalue weighted by molar-refractivity contribution is 7.92. The number of nitrogens with one attached hydrogen (secondary N) is 1. The van der Waals surface area contributed by atoms with Crippen molar-refractivity contribution >= 4 is 38.9 Å². The summed E-state index contributed by atoms with van der Waals surface area (Å²) in [6, 6.07) is 19.5. The molecule has 0 saturated carbocycles. The first-order chi connectivity index (χ1) is 12.4. The van der Waals surface area contributed by atoms with Crippen molar-refractivity contribution in [1.29, 1.82) is 0 Å². The lowest BCUT2D eigenvalue weighted by atomic mass is 10.0.